The zero-order valence-corrected chi connectivity index (χ0v) is 14.3. The smallest absolute Gasteiger partial charge is 0.239 e. The summed E-state index contributed by atoms with van der Waals surface area (Å²) in [5, 5.41) is 3.54. The SMILES string of the molecule is CCC(Br)C(=O)Nc1nc2ccc(C(C)CC)cc2s1. The molecule has 0 aliphatic heterocycles. The molecule has 20 heavy (non-hydrogen) atoms. The van der Waals surface area contributed by atoms with Crippen LogP contribution in [0, 0.1) is 0 Å². The summed E-state index contributed by atoms with van der Waals surface area (Å²) >= 11 is 4.88. The lowest BCUT2D eigenvalue weighted by Crippen LogP contribution is -2.21. The fourth-order valence-corrected chi connectivity index (χ4v) is 2.94. The van der Waals surface area contributed by atoms with Gasteiger partial charge in [-0.3, -0.25) is 4.79 Å². The maximum Gasteiger partial charge on any atom is 0.239 e. The van der Waals surface area contributed by atoms with Crippen LogP contribution in [0.5, 0.6) is 0 Å². The Morgan fingerprint density at radius 1 is 1.40 bits per heavy atom. The van der Waals surface area contributed by atoms with Gasteiger partial charge in [-0.2, -0.15) is 0 Å². The molecule has 2 rings (SSSR count). The topological polar surface area (TPSA) is 42.0 Å². The third kappa shape index (κ3) is 3.38. The summed E-state index contributed by atoms with van der Waals surface area (Å²) in [6.45, 7) is 6.38. The van der Waals surface area contributed by atoms with Gasteiger partial charge in [0, 0.05) is 0 Å². The molecule has 0 aliphatic carbocycles. The van der Waals surface area contributed by atoms with Crippen molar-refractivity contribution in [3.8, 4) is 0 Å². The predicted octanol–water partition coefficient (Wildman–Crippen LogP) is 4.92. The van der Waals surface area contributed by atoms with E-state index in [1.807, 2.05) is 13.0 Å². The van der Waals surface area contributed by atoms with Crippen LogP contribution in [0.1, 0.15) is 45.1 Å². The van der Waals surface area contributed by atoms with E-state index in [1.54, 1.807) is 0 Å². The Bertz CT molecular complexity index is 611. The lowest BCUT2D eigenvalue weighted by atomic mass is 9.99. The van der Waals surface area contributed by atoms with Gasteiger partial charge in [0.1, 0.15) is 0 Å². The van der Waals surface area contributed by atoms with Crippen molar-refractivity contribution in [1.29, 1.82) is 0 Å². The van der Waals surface area contributed by atoms with E-state index in [9.17, 15) is 4.79 Å². The number of halogens is 1. The highest BCUT2D eigenvalue weighted by molar-refractivity contribution is 9.10. The number of rotatable bonds is 5. The summed E-state index contributed by atoms with van der Waals surface area (Å²) in [6.07, 6.45) is 1.88. The number of hydrogen-bond acceptors (Lipinski definition) is 3. The molecule has 0 saturated carbocycles. The number of nitrogens with one attached hydrogen (secondary N) is 1. The van der Waals surface area contributed by atoms with Gasteiger partial charge < -0.3 is 5.32 Å². The Balaban J connectivity index is 2.23. The molecule has 0 saturated heterocycles. The number of hydrogen-bond donors (Lipinski definition) is 1. The molecule has 3 nitrogen and oxygen atoms in total. The molecule has 1 N–H and O–H groups in total. The van der Waals surface area contributed by atoms with Gasteiger partial charge in [-0.05, 0) is 36.5 Å². The van der Waals surface area contributed by atoms with E-state index in [1.165, 1.54) is 16.9 Å². The van der Waals surface area contributed by atoms with Crippen molar-refractivity contribution in [2.24, 2.45) is 0 Å². The maximum atomic E-state index is 11.9. The van der Waals surface area contributed by atoms with E-state index < -0.39 is 0 Å². The van der Waals surface area contributed by atoms with Crippen molar-refractivity contribution in [3.63, 3.8) is 0 Å². The zero-order chi connectivity index (χ0) is 14.7. The van der Waals surface area contributed by atoms with Crippen LogP contribution in [0.15, 0.2) is 18.2 Å². The average molecular weight is 355 g/mol. The number of carbonyl (C=O) groups excluding carboxylic acids is 1. The standard InChI is InChI=1S/C15H19BrN2OS/c1-4-9(3)10-6-7-12-13(8-10)20-15(17-12)18-14(19)11(16)5-2/h6-9,11H,4-5H2,1-3H3,(H,17,18,19). The molecular weight excluding hydrogens is 336 g/mol. The molecule has 2 aromatic rings. The van der Waals surface area contributed by atoms with Gasteiger partial charge in [0.15, 0.2) is 5.13 Å². The summed E-state index contributed by atoms with van der Waals surface area (Å²) in [6, 6.07) is 6.35. The van der Waals surface area contributed by atoms with Gasteiger partial charge in [-0.25, -0.2) is 4.98 Å². The Morgan fingerprint density at radius 3 is 2.80 bits per heavy atom. The van der Waals surface area contributed by atoms with E-state index in [2.05, 4.69) is 52.2 Å². The fraction of sp³-hybridized carbons (Fsp3) is 0.467. The molecule has 0 aliphatic rings. The highest BCUT2D eigenvalue weighted by Gasteiger charge is 2.15. The van der Waals surface area contributed by atoms with E-state index >= 15 is 0 Å². The van der Waals surface area contributed by atoms with E-state index in [0.29, 0.717) is 11.0 Å². The molecule has 5 heteroatoms. The molecule has 108 valence electrons. The van der Waals surface area contributed by atoms with Crippen molar-refractivity contribution < 1.29 is 4.79 Å². The first-order valence-corrected chi connectivity index (χ1v) is 8.63. The van der Waals surface area contributed by atoms with Gasteiger partial charge in [0.05, 0.1) is 15.0 Å². The normalized spacial score (nSPS) is 14.2. The van der Waals surface area contributed by atoms with Crippen molar-refractivity contribution in [3.05, 3.63) is 23.8 Å². The third-order valence-corrected chi connectivity index (χ3v) is 5.46. The molecule has 2 atom stereocenters. The number of nitrogens with zero attached hydrogens (tertiary/aromatic N) is 1. The van der Waals surface area contributed by atoms with Crippen LogP contribution >= 0.6 is 27.3 Å². The lowest BCUT2D eigenvalue weighted by molar-refractivity contribution is -0.115. The molecule has 2 unspecified atom stereocenters. The number of aromatic nitrogens is 1. The summed E-state index contributed by atoms with van der Waals surface area (Å²) < 4.78 is 1.13. The molecular formula is C15H19BrN2OS. The number of amides is 1. The number of thiazole rings is 1. The molecule has 0 bridgehead atoms. The first-order valence-electron chi connectivity index (χ1n) is 6.90. The van der Waals surface area contributed by atoms with Crippen LogP contribution in [-0.4, -0.2) is 15.7 Å². The first kappa shape index (κ1) is 15.4. The van der Waals surface area contributed by atoms with Crippen molar-refractivity contribution >= 4 is 48.5 Å². The van der Waals surface area contributed by atoms with Gasteiger partial charge >= 0.3 is 0 Å². The van der Waals surface area contributed by atoms with Crippen LogP contribution in [-0.2, 0) is 4.79 Å². The fourth-order valence-electron chi connectivity index (χ4n) is 1.91. The summed E-state index contributed by atoms with van der Waals surface area (Å²) in [5.74, 6) is 0.514. The zero-order valence-electron chi connectivity index (χ0n) is 11.9. The van der Waals surface area contributed by atoms with E-state index in [-0.39, 0.29) is 10.7 Å². The molecule has 1 amide bonds. The van der Waals surface area contributed by atoms with Crippen molar-refractivity contribution in [2.75, 3.05) is 5.32 Å². The predicted molar refractivity (Wildman–Crippen MR) is 90.0 cm³/mol. The van der Waals surface area contributed by atoms with Crippen LogP contribution < -0.4 is 5.32 Å². The Hall–Kier alpha value is -0.940. The van der Waals surface area contributed by atoms with E-state index in [4.69, 9.17) is 0 Å². The summed E-state index contributed by atoms with van der Waals surface area (Å²) in [7, 11) is 0. The molecule has 1 aromatic heterocycles. The number of alkyl halides is 1. The van der Waals surface area contributed by atoms with Gasteiger partial charge in [0.2, 0.25) is 5.91 Å². The lowest BCUT2D eigenvalue weighted by Gasteiger charge is -2.07. The highest BCUT2D eigenvalue weighted by atomic mass is 79.9. The van der Waals surface area contributed by atoms with Crippen LogP contribution in [0.25, 0.3) is 10.2 Å². The second-order valence-corrected chi connectivity index (χ2v) is 7.06. The Labute approximate surface area is 131 Å². The second-order valence-electron chi connectivity index (χ2n) is 4.92. The molecule has 1 heterocycles. The summed E-state index contributed by atoms with van der Waals surface area (Å²) in [4.78, 5) is 16.1. The minimum Gasteiger partial charge on any atom is -0.301 e. The molecule has 0 fully saturated rings. The Kier molecular flexibility index (Phi) is 5.16. The van der Waals surface area contributed by atoms with Crippen LogP contribution in [0.4, 0.5) is 5.13 Å². The van der Waals surface area contributed by atoms with E-state index in [0.717, 1.165) is 23.1 Å². The largest absolute Gasteiger partial charge is 0.301 e. The summed E-state index contributed by atoms with van der Waals surface area (Å²) in [5.41, 5.74) is 2.27. The minimum absolute atomic E-state index is 0.0336. The number of benzene rings is 1. The molecule has 0 radical (unpaired) electrons. The van der Waals surface area contributed by atoms with Crippen molar-refractivity contribution in [1.82, 2.24) is 4.98 Å². The maximum absolute atomic E-state index is 11.9. The van der Waals surface area contributed by atoms with Gasteiger partial charge in [0.25, 0.3) is 0 Å². The number of fused-ring (bicyclic) bond motifs is 1. The van der Waals surface area contributed by atoms with Crippen LogP contribution in [0.2, 0.25) is 0 Å². The van der Waals surface area contributed by atoms with Gasteiger partial charge in [-0.15, -0.1) is 0 Å². The average Bonchev–Trinajstić information content (AvgIpc) is 2.86. The highest BCUT2D eigenvalue weighted by Crippen LogP contribution is 2.30. The molecule has 0 spiro atoms. The minimum atomic E-state index is -0.162. The monoisotopic (exact) mass is 354 g/mol. The molecule has 1 aromatic carbocycles. The second kappa shape index (κ2) is 6.68. The van der Waals surface area contributed by atoms with Crippen molar-refractivity contribution in [2.45, 2.75) is 44.4 Å². The number of anilines is 1. The quantitative estimate of drug-likeness (QED) is 0.774. The van der Waals surface area contributed by atoms with Crippen LogP contribution in [0.3, 0.4) is 0 Å². The third-order valence-electron chi connectivity index (χ3n) is 3.47. The first-order chi connectivity index (χ1) is 9.55. The van der Waals surface area contributed by atoms with Gasteiger partial charge in [-0.1, -0.05) is 54.1 Å². The number of carbonyl (C=O) groups is 1. The Morgan fingerprint density at radius 2 is 2.15 bits per heavy atom.